The monoisotopic (exact) mass is 232 g/mol. The Kier molecular flexibility index (Phi) is 3.83. The van der Waals surface area contributed by atoms with E-state index in [9.17, 15) is 9.59 Å². The molecule has 0 rings (SSSR count). The number of carbonyl (C=O) groups is 2. The molecule has 0 bridgehead atoms. The van der Waals surface area contributed by atoms with E-state index in [4.69, 9.17) is 45.0 Å². The number of rotatable bonds is 2. The Morgan fingerprint density at radius 1 is 1.17 bits per heavy atom. The van der Waals surface area contributed by atoms with Crippen molar-refractivity contribution in [2.75, 3.05) is 0 Å². The maximum absolute atomic E-state index is 10.3. The summed E-state index contributed by atoms with van der Waals surface area (Å²) in [7, 11) is 0. The molecule has 2 N–H and O–H groups in total. The summed E-state index contributed by atoms with van der Waals surface area (Å²) in [6.45, 7) is 0. The number of hydrogen-bond acceptors (Lipinski definition) is 2. The zero-order valence-corrected chi connectivity index (χ0v) is 7.69. The van der Waals surface area contributed by atoms with E-state index in [0.29, 0.717) is 6.08 Å². The van der Waals surface area contributed by atoms with Gasteiger partial charge in [-0.3, -0.25) is 0 Å². The van der Waals surface area contributed by atoms with Gasteiger partial charge in [0.25, 0.3) is 0 Å². The van der Waals surface area contributed by atoms with Gasteiger partial charge in [-0.2, -0.15) is 0 Å². The Morgan fingerprint density at radius 2 is 1.58 bits per heavy atom. The van der Waals surface area contributed by atoms with Gasteiger partial charge in [-0.25, -0.2) is 9.59 Å². The smallest absolute Gasteiger partial charge is 0.336 e. The van der Waals surface area contributed by atoms with Gasteiger partial charge in [-0.05, 0) is 0 Å². The van der Waals surface area contributed by atoms with Crippen LogP contribution in [-0.4, -0.2) is 25.9 Å². The minimum absolute atomic E-state index is 0.329. The van der Waals surface area contributed by atoms with E-state index in [1.807, 2.05) is 0 Å². The first-order valence-corrected chi connectivity index (χ1v) is 3.63. The molecule has 0 spiro atoms. The lowest BCUT2D eigenvalue weighted by Gasteiger charge is -2.09. The third-order valence-corrected chi connectivity index (χ3v) is 1.41. The number of carboxylic acids is 2. The highest BCUT2D eigenvalue weighted by atomic mass is 35.6. The van der Waals surface area contributed by atoms with Crippen LogP contribution in [0.2, 0.25) is 0 Å². The molecule has 0 atom stereocenters. The van der Waals surface area contributed by atoms with Crippen LogP contribution in [0, 0.1) is 0 Å². The molecule has 0 aliphatic heterocycles. The van der Waals surface area contributed by atoms with Crippen LogP contribution in [0.25, 0.3) is 0 Å². The minimum atomic E-state index is -2.23. The van der Waals surface area contributed by atoms with Crippen LogP contribution in [0.5, 0.6) is 0 Å². The molecular weight excluding hydrogens is 230 g/mol. The molecule has 0 aromatic carbocycles. The van der Waals surface area contributed by atoms with Crippen molar-refractivity contribution in [3.8, 4) is 0 Å². The molecule has 0 fully saturated rings. The molecule has 0 saturated heterocycles. The van der Waals surface area contributed by atoms with Crippen molar-refractivity contribution < 1.29 is 19.8 Å². The Hall–Kier alpha value is -0.450. The molecule has 12 heavy (non-hydrogen) atoms. The molecule has 68 valence electrons. The maximum atomic E-state index is 10.3. The number of hydrogen-bond donors (Lipinski definition) is 2. The fourth-order valence-corrected chi connectivity index (χ4v) is 0.794. The van der Waals surface area contributed by atoms with Crippen LogP contribution in [0.3, 0.4) is 0 Å². The summed E-state index contributed by atoms with van der Waals surface area (Å²) in [6.07, 6.45) is 0.329. The predicted molar refractivity (Wildman–Crippen MR) is 43.6 cm³/mol. The Bertz CT molecular complexity index is 240. The highest BCUT2D eigenvalue weighted by Crippen LogP contribution is 2.34. The molecule has 0 aromatic rings. The second-order valence-electron chi connectivity index (χ2n) is 1.70. The molecule has 0 amide bonds. The van der Waals surface area contributed by atoms with Crippen molar-refractivity contribution in [2.45, 2.75) is 3.79 Å². The number of aliphatic carboxylic acids is 2. The lowest BCUT2D eigenvalue weighted by Crippen LogP contribution is -2.17. The molecule has 0 aliphatic carbocycles. The van der Waals surface area contributed by atoms with Crippen molar-refractivity contribution in [1.82, 2.24) is 0 Å². The highest BCUT2D eigenvalue weighted by Gasteiger charge is 2.32. The third kappa shape index (κ3) is 3.80. The van der Waals surface area contributed by atoms with E-state index in [1.165, 1.54) is 0 Å². The lowest BCUT2D eigenvalue weighted by molar-refractivity contribution is -0.135. The van der Waals surface area contributed by atoms with Crippen molar-refractivity contribution >= 4 is 46.7 Å². The van der Waals surface area contributed by atoms with Crippen LogP contribution in [0.15, 0.2) is 11.6 Å². The molecule has 4 nitrogen and oxygen atoms in total. The first-order valence-electron chi connectivity index (χ1n) is 2.50. The third-order valence-electron chi connectivity index (χ3n) is 0.804. The van der Waals surface area contributed by atoms with E-state index in [0.717, 1.165) is 0 Å². The summed E-state index contributed by atoms with van der Waals surface area (Å²) < 4.78 is -2.23. The van der Waals surface area contributed by atoms with Gasteiger partial charge in [0.2, 0.25) is 3.79 Å². The molecule has 0 aromatic heterocycles. The molecule has 0 unspecified atom stereocenters. The van der Waals surface area contributed by atoms with E-state index in [2.05, 4.69) is 0 Å². The van der Waals surface area contributed by atoms with E-state index < -0.39 is 21.3 Å². The van der Waals surface area contributed by atoms with Gasteiger partial charge >= 0.3 is 11.9 Å². The van der Waals surface area contributed by atoms with Crippen LogP contribution in [0.1, 0.15) is 0 Å². The minimum Gasteiger partial charge on any atom is -0.478 e. The summed E-state index contributed by atoms with van der Waals surface area (Å²) in [6, 6.07) is 0. The normalized spacial score (nSPS) is 12.8. The SMILES string of the molecule is O=C(O)/C=C(\C(=O)O)C(Cl)(Cl)Cl. The lowest BCUT2D eigenvalue weighted by atomic mass is 10.3. The van der Waals surface area contributed by atoms with Gasteiger partial charge in [0.15, 0.2) is 0 Å². The molecule has 0 saturated carbocycles. The molecule has 0 radical (unpaired) electrons. The maximum Gasteiger partial charge on any atom is 0.336 e. The second kappa shape index (κ2) is 3.98. The molecule has 7 heteroatoms. The van der Waals surface area contributed by atoms with Crippen molar-refractivity contribution in [3.63, 3.8) is 0 Å². The number of halogens is 3. The Morgan fingerprint density at radius 3 is 1.67 bits per heavy atom. The van der Waals surface area contributed by atoms with Crippen molar-refractivity contribution in [3.05, 3.63) is 11.6 Å². The predicted octanol–water partition coefficient (Wildman–Crippen LogP) is 1.45. The van der Waals surface area contributed by atoms with E-state index in [-0.39, 0.29) is 0 Å². The fourth-order valence-electron chi connectivity index (χ4n) is 0.388. The van der Waals surface area contributed by atoms with E-state index >= 15 is 0 Å². The number of alkyl halides is 3. The first kappa shape index (κ1) is 11.6. The zero-order valence-electron chi connectivity index (χ0n) is 5.42. The number of carboxylic acid groups (broad SMARTS) is 2. The van der Waals surface area contributed by atoms with Gasteiger partial charge in [0.1, 0.15) is 0 Å². The largest absolute Gasteiger partial charge is 0.478 e. The van der Waals surface area contributed by atoms with Crippen molar-refractivity contribution in [2.24, 2.45) is 0 Å². The van der Waals surface area contributed by atoms with Crippen LogP contribution < -0.4 is 0 Å². The summed E-state index contributed by atoms with van der Waals surface area (Å²) in [4.78, 5) is 20.3. The summed E-state index contributed by atoms with van der Waals surface area (Å²) in [5.74, 6) is -3.07. The molecular formula is C5H3Cl3O4. The average Bonchev–Trinajstić information content (AvgIpc) is 1.79. The van der Waals surface area contributed by atoms with Crippen LogP contribution in [-0.2, 0) is 9.59 Å². The van der Waals surface area contributed by atoms with Gasteiger partial charge in [-0.15, -0.1) is 0 Å². The zero-order chi connectivity index (χ0) is 9.94. The highest BCUT2D eigenvalue weighted by molar-refractivity contribution is 6.70. The Balaban J connectivity index is 4.94. The second-order valence-corrected chi connectivity index (χ2v) is 3.98. The summed E-state index contributed by atoms with van der Waals surface area (Å²) >= 11 is 15.5. The first-order chi connectivity index (χ1) is 5.25. The summed E-state index contributed by atoms with van der Waals surface area (Å²) in [5, 5.41) is 16.6. The van der Waals surface area contributed by atoms with Gasteiger partial charge < -0.3 is 10.2 Å². The molecule has 0 heterocycles. The van der Waals surface area contributed by atoms with Gasteiger partial charge in [-0.1, -0.05) is 34.8 Å². The Labute approximate surface area is 82.3 Å². The average molecular weight is 233 g/mol. The van der Waals surface area contributed by atoms with Crippen LogP contribution in [0.4, 0.5) is 0 Å². The summed E-state index contributed by atoms with van der Waals surface area (Å²) in [5.41, 5.74) is -0.806. The van der Waals surface area contributed by atoms with Crippen molar-refractivity contribution in [1.29, 1.82) is 0 Å². The van der Waals surface area contributed by atoms with Gasteiger partial charge in [0, 0.05) is 6.08 Å². The van der Waals surface area contributed by atoms with E-state index in [1.54, 1.807) is 0 Å². The molecule has 0 aliphatic rings. The quantitative estimate of drug-likeness (QED) is 0.559. The van der Waals surface area contributed by atoms with Crippen LogP contribution >= 0.6 is 34.8 Å². The standard InChI is InChI=1S/C5H3Cl3O4/c6-5(7,8)2(4(11)12)1-3(9)10/h1H,(H,9,10)(H,11,12)/b2-1+. The van der Waals surface area contributed by atoms with Gasteiger partial charge in [0.05, 0.1) is 5.57 Å². The topological polar surface area (TPSA) is 74.6 Å². The fraction of sp³-hybridized carbons (Fsp3) is 0.200.